The van der Waals surface area contributed by atoms with Crippen LogP contribution < -0.4 is 0 Å². The number of benzene rings is 1. The molecule has 0 saturated carbocycles. The van der Waals surface area contributed by atoms with Crippen molar-refractivity contribution < 1.29 is 29.4 Å². The maximum absolute atomic E-state index is 11.4. The van der Waals surface area contributed by atoms with Gasteiger partial charge in [0, 0.05) is 5.56 Å². The lowest BCUT2D eigenvalue weighted by molar-refractivity contribution is -0.160. The Kier molecular flexibility index (Phi) is 5.76. The van der Waals surface area contributed by atoms with Gasteiger partial charge in [-0.3, -0.25) is 0 Å². The van der Waals surface area contributed by atoms with E-state index in [4.69, 9.17) is 26.3 Å². The van der Waals surface area contributed by atoms with Crippen molar-refractivity contribution >= 4 is 29.3 Å². The van der Waals surface area contributed by atoms with E-state index in [2.05, 4.69) is 5.16 Å². The highest BCUT2D eigenvalue weighted by molar-refractivity contribution is 6.43. The Morgan fingerprint density at radius 3 is 2.45 bits per heavy atom. The molecule has 2 N–H and O–H groups in total. The quantitative estimate of drug-likeness (QED) is 0.487. The van der Waals surface area contributed by atoms with Gasteiger partial charge in [0.25, 0.3) is 0 Å². The van der Waals surface area contributed by atoms with Crippen molar-refractivity contribution in [1.82, 2.24) is 0 Å². The van der Waals surface area contributed by atoms with Crippen LogP contribution in [-0.4, -0.2) is 40.1 Å². The number of aliphatic carboxylic acids is 1. The molecule has 0 fully saturated rings. The lowest BCUT2D eigenvalue weighted by Gasteiger charge is -2.18. The van der Waals surface area contributed by atoms with Gasteiger partial charge in [0.05, 0.1) is 5.02 Å². The highest BCUT2D eigenvalue weighted by Gasteiger charge is 2.18. The van der Waals surface area contributed by atoms with Crippen molar-refractivity contribution in [2.75, 3.05) is 6.61 Å². The van der Waals surface area contributed by atoms with E-state index < -0.39 is 29.9 Å². The van der Waals surface area contributed by atoms with Gasteiger partial charge in [0.15, 0.2) is 5.71 Å². The van der Waals surface area contributed by atoms with Crippen molar-refractivity contribution in [3.05, 3.63) is 28.8 Å². The standard InChI is InChI=1S/C14H16ClNO6/c1-14(2,3)22-11(18)7-21-16-12(13(19)20)8-4-5-10(17)9(15)6-8/h4-6,17H,7H2,1-3H3,(H,19,20). The Morgan fingerprint density at radius 1 is 1.32 bits per heavy atom. The number of rotatable bonds is 5. The Hall–Kier alpha value is -2.28. The molecule has 0 aliphatic rings. The molecule has 7 nitrogen and oxygen atoms in total. The second-order valence-corrected chi connectivity index (χ2v) is 5.68. The molecule has 22 heavy (non-hydrogen) atoms. The number of aromatic hydroxyl groups is 1. The third kappa shape index (κ3) is 5.61. The van der Waals surface area contributed by atoms with Crippen LogP contribution in [0.3, 0.4) is 0 Å². The maximum atomic E-state index is 11.4. The molecule has 0 aliphatic heterocycles. The molecular weight excluding hydrogens is 314 g/mol. The van der Waals surface area contributed by atoms with Gasteiger partial charge in [-0.05, 0) is 39.0 Å². The zero-order chi connectivity index (χ0) is 16.9. The Labute approximate surface area is 132 Å². The van der Waals surface area contributed by atoms with Crippen LogP contribution in [0.4, 0.5) is 0 Å². The van der Waals surface area contributed by atoms with Crippen molar-refractivity contribution in [2.45, 2.75) is 26.4 Å². The average molecular weight is 330 g/mol. The van der Waals surface area contributed by atoms with E-state index in [0.29, 0.717) is 0 Å². The smallest absolute Gasteiger partial charge is 0.358 e. The van der Waals surface area contributed by atoms with Gasteiger partial charge in [-0.15, -0.1) is 0 Å². The lowest BCUT2D eigenvalue weighted by atomic mass is 10.1. The Balaban J connectivity index is 2.81. The van der Waals surface area contributed by atoms with Crippen LogP contribution in [-0.2, 0) is 19.2 Å². The molecule has 120 valence electrons. The summed E-state index contributed by atoms with van der Waals surface area (Å²) in [4.78, 5) is 27.3. The fourth-order valence-corrected chi connectivity index (χ4v) is 1.57. The van der Waals surface area contributed by atoms with E-state index in [1.165, 1.54) is 18.2 Å². The molecule has 1 aromatic carbocycles. The van der Waals surface area contributed by atoms with Crippen LogP contribution >= 0.6 is 11.6 Å². The number of nitrogens with zero attached hydrogens (tertiary/aromatic N) is 1. The summed E-state index contributed by atoms with van der Waals surface area (Å²) in [5.41, 5.74) is -1.01. The lowest BCUT2D eigenvalue weighted by Crippen LogP contribution is -2.26. The summed E-state index contributed by atoms with van der Waals surface area (Å²) < 4.78 is 4.99. The highest BCUT2D eigenvalue weighted by Crippen LogP contribution is 2.24. The van der Waals surface area contributed by atoms with Gasteiger partial charge < -0.3 is 19.8 Å². The number of hydrogen-bond donors (Lipinski definition) is 2. The minimum absolute atomic E-state index is 0.0291. The number of carbonyl (C=O) groups is 2. The maximum Gasteiger partial charge on any atom is 0.358 e. The van der Waals surface area contributed by atoms with E-state index in [-0.39, 0.29) is 16.3 Å². The first-order valence-electron chi connectivity index (χ1n) is 6.24. The molecule has 1 aromatic rings. The number of phenolic OH excluding ortho intramolecular Hbond substituents is 1. The molecule has 0 aliphatic carbocycles. The molecule has 0 heterocycles. The number of hydrogen-bond acceptors (Lipinski definition) is 6. The Bertz CT molecular complexity index is 606. The fourth-order valence-electron chi connectivity index (χ4n) is 1.39. The first kappa shape index (κ1) is 17.8. The predicted octanol–water partition coefficient (Wildman–Crippen LogP) is 2.19. The van der Waals surface area contributed by atoms with Crippen molar-refractivity contribution in [1.29, 1.82) is 0 Å². The topological polar surface area (TPSA) is 105 Å². The minimum atomic E-state index is -1.37. The molecule has 0 unspecified atom stereocenters. The van der Waals surface area contributed by atoms with Gasteiger partial charge in [0.1, 0.15) is 11.4 Å². The normalized spacial score (nSPS) is 11.9. The molecular formula is C14H16ClNO6. The van der Waals surface area contributed by atoms with E-state index in [9.17, 15) is 14.7 Å². The van der Waals surface area contributed by atoms with Gasteiger partial charge in [0.2, 0.25) is 6.61 Å². The molecule has 1 rings (SSSR count). The number of carbonyl (C=O) groups excluding carboxylic acids is 1. The summed E-state index contributed by atoms with van der Waals surface area (Å²) in [5, 5.41) is 21.8. The highest BCUT2D eigenvalue weighted by atomic mass is 35.5. The second kappa shape index (κ2) is 7.13. The minimum Gasteiger partial charge on any atom is -0.506 e. The molecule has 0 saturated heterocycles. The number of oxime groups is 1. The third-order valence-corrected chi connectivity index (χ3v) is 2.48. The summed E-state index contributed by atoms with van der Waals surface area (Å²) in [6.45, 7) is 4.54. The predicted molar refractivity (Wildman–Crippen MR) is 79.1 cm³/mol. The Morgan fingerprint density at radius 2 is 1.95 bits per heavy atom. The van der Waals surface area contributed by atoms with Gasteiger partial charge >= 0.3 is 11.9 Å². The first-order chi connectivity index (χ1) is 10.1. The van der Waals surface area contributed by atoms with Crippen molar-refractivity contribution in [3.63, 3.8) is 0 Å². The number of carboxylic acid groups (broad SMARTS) is 1. The average Bonchev–Trinajstić information content (AvgIpc) is 2.35. The molecule has 0 spiro atoms. The summed E-state index contributed by atoms with van der Waals surface area (Å²) in [6.07, 6.45) is 0. The van der Waals surface area contributed by atoms with E-state index in [0.717, 1.165) is 0 Å². The summed E-state index contributed by atoms with van der Waals surface area (Å²) in [6, 6.07) is 3.76. The molecule has 8 heteroatoms. The summed E-state index contributed by atoms with van der Waals surface area (Å²) in [5.74, 6) is -2.24. The second-order valence-electron chi connectivity index (χ2n) is 5.27. The summed E-state index contributed by atoms with van der Waals surface area (Å²) >= 11 is 5.71. The van der Waals surface area contributed by atoms with Crippen molar-refractivity contribution in [2.24, 2.45) is 5.16 Å². The van der Waals surface area contributed by atoms with Gasteiger partial charge in [-0.1, -0.05) is 16.8 Å². The molecule has 0 bridgehead atoms. The van der Waals surface area contributed by atoms with E-state index in [1.54, 1.807) is 20.8 Å². The number of ether oxygens (including phenoxy) is 1. The van der Waals surface area contributed by atoms with E-state index in [1.807, 2.05) is 0 Å². The number of phenols is 1. The summed E-state index contributed by atoms with van der Waals surface area (Å²) in [7, 11) is 0. The van der Waals surface area contributed by atoms with Crippen LogP contribution in [0.2, 0.25) is 5.02 Å². The molecule has 0 atom stereocenters. The van der Waals surface area contributed by atoms with Crippen LogP contribution in [0.1, 0.15) is 26.3 Å². The number of esters is 1. The van der Waals surface area contributed by atoms with Gasteiger partial charge in [-0.2, -0.15) is 0 Å². The fraction of sp³-hybridized carbons (Fsp3) is 0.357. The molecule has 0 radical (unpaired) electrons. The van der Waals surface area contributed by atoms with Crippen molar-refractivity contribution in [3.8, 4) is 5.75 Å². The molecule has 0 amide bonds. The first-order valence-corrected chi connectivity index (χ1v) is 6.62. The van der Waals surface area contributed by atoms with Crippen LogP contribution in [0.15, 0.2) is 23.4 Å². The zero-order valence-corrected chi connectivity index (χ0v) is 13.0. The number of carboxylic acids is 1. The van der Waals surface area contributed by atoms with Gasteiger partial charge in [-0.25, -0.2) is 9.59 Å². The van der Waals surface area contributed by atoms with Crippen LogP contribution in [0.5, 0.6) is 5.75 Å². The van der Waals surface area contributed by atoms with Crippen LogP contribution in [0.25, 0.3) is 0 Å². The number of halogens is 1. The zero-order valence-electron chi connectivity index (χ0n) is 12.3. The third-order valence-electron chi connectivity index (χ3n) is 2.18. The van der Waals surface area contributed by atoms with E-state index >= 15 is 0 Å². The monoisotopic (exact) mass is 329 g/mol. The SMILES string of the molecule is CC(C)(C)OC(=O)CON=C(C(=O)O)c1ccc(O)c(Cl)c1. The largest absolute Gasteiger partial charge is 0.506 e. The van der Waals surface area contributed by atoms with Crippen LogP contribution in [0, 0.1) is 0 Å². The molecule has 0 aromatic heterocycles.